The van der Waals surface area contributed by atoms with Crippen LogP contribution in [0.15, 0.2) is 18.6 Å². The molecule has 2 aliphatic carbocycles. The van der Waals surface area contributed by atoms with Crippen LogP contribution in [0.5, 0.6) is 0 Å². The highest BCUT2D eigenvalue weighted by molar-refractivity contribution is 7.19. The highest BCUT2D eigenvalue weighted by Crippen LogP contribution is 2.39. The van der Waals surface area contributed by atoms with Gasteiger partial charge in [0, 0.05) is 23.8 Å². The van der Waals surface area contributed by atoms with E-state index in [0.29, 0.717) is 24.0 Å². The predicted octanol–water partition coefficient (Wildman–Crippen LogP) is 3.99. The Hall–Kier alpha value is -2.12. The monoisotopic (exact) mass is 395 g/mol. The van der Waals surface area contributed by atoms with E-state index in [0.717, 1.165) is 41.7 Å². The topological polar surface area (TPSA) is 83.8 Å². The SMILES string of the molecule is OC(CNc1nc(-c2cnccn2)nc2sc3c(c12)CCCC3)C1CCCC1. The molecule has 1 unspecified atom stereocenters. The molecule has 1 fully saturated rings. The second-order valence-electron chi connectivity index (χ2n) is 7.87. The molecular formula is C21H25N5OS. The lowest BCUT2D eigenvalue weighted by molar-refractivity contribution is 0.123. The third kappa shape index (κ3) is 3.37. The first-order valence-electron chi connectivity index (χ1n) is 10.3. The number of fused-ring (bicyclic) bond motifs is 3. The third-order valence-corrected chi connectivity index (χ3v) is 7.22. The summed E-state index contributed by atoms with van der Waals surface area (Å²) in [4.78, 5) is 20.6. The molecule has 3 heterocycles. The summed E-state index contributed by atoms with van der Waals surface area (Å²) in [5.74, 6) is 1.83. The highest BCUT2D eigenvalue weighted by atomic mass is 32.1. The molecule has 0 aromatic carbocycles. The van der Waals surface area contributed by atoms with E-state index in [1.807, 2.05) is 0 Å². The minimum absolute atomic E-state index is 0.332. The van der Waals surface area contributed by atoms with E-state index in [-0.39, 0.29) is 6.10 Å². The predicted molar refractivity (Wildman–Crippen MR) is 112 cm³/mol. The minimum atomic E-state index is -0.332. The number of aryl methyl sites for hydroxylation is 2. The summed E-state index contributed by atoms with van der Waals surface area (Å²) in [6.45, 7) is 0.529. The zero-order valence-corrected chi connectivity index (χ0v) is 16.7. The molecule has 0 radical (unpaired) electrons. The van der Waals surface area contributed by atoms with Crippen molar-refractivity contribution in [1.82, 2.24) is 19.9 Å². The highest BCUT2D eigenvalue weighted by Gasteiger charge is 2.25. The summed E-state index contributed by atoms with van der Waals surface area (Å²) < 4.78 is 0. The largest absolute Gasteiger partial charge is 0.391 e. The Morgan fingerprint density at radius 1 is 1.11 bits per heavy atom. The zero-order chi connectivity index (χ0) is 18.9. The first kappa shape index (κ1) is 17.9. The van der Waals surface area contributed by atoms with Crippen LogP contribution in [0.1, 0.15) is 49.0 Å². The minimum Gasteiger partial charge on any atom is -0.391 e. The quantitative estimate of drug-likeness (QED) is 0.680. The van der Waals surface area contributed by atoms with Crippen LogP contribution in [-0.4, -0.2) is 37.7 Å². The summed E-state index contributed by atoms with van der Waals surface area (Å²) >= 11 is 1.78. The van der Waals surface area contributed by atoms with Crippen LogP contribution in [0.25, 0.3) is 21.7 Å². The Kier molecular flexibility index (Phi) is 4.94. The first-order chi connectivity index (χ1) is 13.8. The van der Waals surface area contributed by atoms with Crippen LogP contribution < -0.4 is 5.32 Å². The number of nitrogens with zero attached hydrogens (tertiary/aromatic N) is 4. The molecule has 5 rings (SSSR count). The Morgan fingerprint density at radius 2 is 1.96 bits per heavy atom. The van der Waals surface area contributed by atoms with Gasteiger partial charge < -0.3 is 10.4 Å². The molecule has 2 aliphatic rings. The van der Waals surface area contributed by atoms with E-state index in [4.69, 9.17) is 9.97 Å². The molecule has 0 spiro atoms. The van der Waals surface area contributed by atoms with E-state index < -0.39 is 0 Å². The van der Waals surface area contributed by atoms with Gasteiger partial charge in [0.25, 0.3) is 0 Å². The van der Waals surface area contributed by atoms with Crippen LogP contribution in [0, 0.1) is 5.92 Å². The molecule has 1 saturated carbocycles. The number of thiophene rings is 1. The number of aromatic nitrogens is 4. The van der Waals surface area contributed by atoms with Crippen LogP contribution >= 0.6 is 11.3 Å². The van der Waals surface area contributed by atoms with Crippen molar-refractivity contribution in [2.45, 2.75) is 57.5 Å². The molecule has 0 aliphatic heterocycles. The average molecular weight is 396 g/mol. The first-order valence-corrected chi connectivity index (χ1v) is 11.1. The second kappa shape index (κ2) is 7.72. The van der Waals surface area contributed by atoms with Crippen LogP contribution in [0.3, 0.4) is 0 Å². The molecular weight excluding hydrogens is 370 g/mol. The van der Waals surface area contributed by atoms with Gasteiger partial charge in [-0.2, -0.15) is 0 Å². The number of hydrogen-bond acceptors (Lipinski definition) is 7. The number of anilines is 1. The van der Waals surface area contributed by atoms with Gasteiger partial charge in [-0.1, -0.05) is 12.8 Å². The van der Waals surface area contributed by atoms with Crippen molar-refractivity contribution in [3.8, 4) is 11.5 Å². The van der Waals surface area contributed by atoms with E-state index >= 15 is 0 Å². The number of aliphatic hydroxyl groups excluding tert-OH is 1. The van der Waals surface area contributed by atoms with E-state index in [9.17, 15) is 5.11 Å². The van der Waals surface area contributed by atoms with Crippen molar-refractivity contribution in [1.29, 1.82) is 0 Å². The Bertz CT molecular complexity index is 968. The molecule has 28 heavy (non-hydrogen) atoms. The van der Waals surface area contributed by atoms with Gasteiger partial charge in [-0.3, -0.25) is 4.98 Å². The number of rotatable bonds is 5. The Morgan fingerprint density at radius 3 is 2.79 bits per heavy atom. The molecule has 6 nitrogen and oxygen atoms in total. The third-order valence-electron chi connectivity index (χ3n) is 6.03. The fraction of sp³-hybridized carbons (Fsp3) is 0.524. The maximum atomic E-state index is 10.6. The van der Waals surface area contributed by atoms with Crippen molar-refractivity contribution < 1.29 is 5.11 Å². The van der Waals surface area contributed by atoms with Crippen LogP contribution in [-0.2, 0) is 12.8 Å². The molecule has 7 heteroatoms. The summed E-state index contributed by atoms with van der Waals surface area (Å²) in [6.07, 6.45) is 14.1. The molecule has 0 amide bonds. The molecule has 1 atom stereocenters. The van der Waals surface area contributed by atoms with Crippen molar-refractivity contribution in [2.24, 2.45) is 5.92 Å². The summed E-state index contributed by atoms with van der Waals surface area (Å²) in [7, 11) is 0. The lowest BCUT2D eigenvalue weighted by Gasteiger charge is -2.19. The maximum Gasteiger partial charge on any atom is 0.183 e. The number of hydrogen-bond donors (Lipinski definition) is 2. The van der Waals surface area contributed by atoms with Crippen molar-refractivity contribution in [2.75, 3.05) is 11.9 Å². The molecule has 3 aromatic rings. The van der Waals surface area contributed by atoms with Crippen molar-refractivity contribution in [3.63, 3.8) is 0 Å². The van der Waals surface area contributed by atoms with Gasteiger partial charge in [0.1, 0.15) is 16.3 Å². The lowest BCUT2D eigenvalue weighted by atomic mass is 9.97. The molecule has 146 valence electrons. The summed E-state index contributed by atoms with van der Waals surface area (Å²) in [5.41, 5.74) is 2.07. The van der Waals surface area contributed by atoms with Gasteiger partial charge in [-0.05, 0) is 50.0 Å². The molecule has 2 N–H and O–H groups in total. The van der Waals surface area contributed by atoms with Gasteiger partial charge in [-0.25, -0.2) is 15.0 Å². The van der Waals surface area contributed by atoms with Crippen LogP contribution in [0.4, 0.5) is 5.82 Å². The van der Waals surface area contributed by atoms with E-state index in [2.05, 4.69) is 15.3 Å². The Labute approximate surface area is 168 Å². The molecule has 0 bridgehead atoms. The van der Waals surface area contributed by atoms with E-state index in [1.54, 1.807) is 29.9 Å². The zero-order valence-electron chi connectivity index (χ0n) is 15.9. The fourth-order valence-corrected chi connectivity index (χ4v) is 5.79. The van der Waals surface area contributed by atoms with Crippen LogP contribution in [0.2, 0.25) is 0 Å². The standard InChI is InChI=1S/C21H25N5OS/c27-16(13-5-1-2-6-13)12-24-20-18-14-7-3-4-8-17(14)28-21(18)26-19(25-20)15-11-22-9-10-23-15/h9-11,13,16,27H,1-8,12H2,(H,24,25,26). The smallest absolute Gasteiger partial charge is 0.183 e. The van der Waals surface area contributed by atoms with Gasteiger partial charge >= 0.3 is 0 Å². The summed E-state index contributed by atoms with van der Waals surface area (Å²) in [6, 6.07) is 0. The lowest BCUT2D eigenvalue weighted by Crippen LogP contribution is -2.27. The van der Waals surface area contributed by atoms with Gasteiger partial charge in [0.2, 0.25) is 0 Å². The molecule has 3 aromatic heterocycles. The Balaban J connectivity index is 1.53. The van der Waals surface area contributed by atoms with Crippen molar-refractivity contribution >= 4 is 27.4 Å². The fourth-order valence-electron chi connectivity index (χ4n) is 4.52. The molecule has 0 saturated heterocycles. The van der Waals surface area contributed by atoms with Crippen molar-refractivity contribution in [3.05, 3.63) is 29.0 Å². The normalized spacial score (nSPS) is 18.3. The van der Waals surface area contributed by atoms with Gasteiger partial charge in [0.15, 0.2) is 5.82 Å². The van der Waals surface area contributed by atoms with Gasteiger partial charge in [-0.15, -0.1) is 11.3 Å². The second-order valence-corrected chi connectivity index (χ2v) is 8.95. The summed E-state index contributed by atoms with van der Waals surface area (Å²) in [5, 5.41) is 15.2. The van der Waals surface area contributed by atoms with Gasteiger partial charge in [0.05, 0.1) is 17.7 Å². The van der Waals surface area contributed by atoms with E-state index in [1.165, 1.54) is 36.1 Å². The maximum absolute atomic E-state index is 10.6. The average Bonchev–Trinajstić information content (AvgIpc) is 3.40. The number of nitrogens with one attached hydrogen (secondary N) is 1. The number of aliphatic hydroxyl groups is 1.